The van der Waals surface area contributed by atoms with E-state index in [9.17, 15) is 4.79 Å². The number of nitrogens with two attached hydrogens (primary N) is 1. The van der Waals surface area contributed by atoms with Gasteiger partial charge in [-0.25, -0.2) is 4.98 Å². The van der Waals surface area contributed by atoms with Crippen molar-refractivity contribution in [3.8, 4) is 0 Å². The zero-order valence-corrected chi connectivity index (χ0v) is 8.73. The van der Waals surface area contributed by atoms with E-state index < -0.39 is 5.91 Å². The molecule has 2 N–H and O–H groups in total. The van der Waals surface area contributed by atoms with Gasteiger partial charge in [0.1, 0.15) is 5.69 Å². The molecule has 1 aromatic rings. The Morgan fingerprint density at radius 2 is 2.46 bits per heavy atom. The van der Waals surface area contributed by atoms with Gasteiger partial charge in [-0.3, -0.25) is 4.79 Å². The highest BCUT2D eigenvalue weighted by atomic mass is 32.1. The minimum Gasteiger partial charge on any atom is -0.364 e. The van der Waals surface area contributed by atoms with Gasteiger partial charge in [0.15, 0.2) is 0 Å². The van der Waals surface area contributed by atoms with Gasteiger partial charge in [-0.1, -0.05) is 20.3 Å². The largest absolute Gasteiger partial charge is 0.364 e. The standard InChI is InChI=1S/C9H14N2OS/c1-3-6(2)4-8-11-7(5-13-8)9(10)12/h5-6H,3-4H2,1-2H3,(H2,10,12)/t6-/m1/s1. The normalized spacial score (nSPS) is 12.8. The van der Waals surface area contributed by atoms with Crippen LogP contribution >= 0.6 is 11.3 Å². The van der Waals surface area contributed by atoms with Crippen molar-refractivity contribution >= 4 is 17.2 Å². The van der Waals surface area contributed by atoms with Gasteiger partial charge in [0.05, 0.1) is 5.01 Å². The van der Waals surface area contributed by atoms with Crippen LogP contribution in [0.5, 0.6) is 0 Å². The van der Waals surface area contributed by atoms with Crippen LogP contribution in [-0.4, -0.2) is 10.9 Å². The molecule has 0 radical (unpaired) electrons. The predicted molar refractivity (Wildman–Crippen MR) is 53.8 cm³/mol. The molecule has 0 aliphatic rings. The van der Waals surface area contributed by atoms with E-state index in [1.807, 2.05) is 0 Å². The van der Waals surface area contributed by atoms with E-state index in [-0.39, 0.29) is 0 Å². The summed E-state index contributed by atoms with van der Waals surface area (Å²) in [6, 6.07) is 0. The number of carbonyl (C=O) groups excluding carboxylic acids is 1. The second kappa shape index (κ2) is 4.37. The van der Waals surface area contributed by atoms with Gasteiger partial charge in [-0.2, -0.15) is 0 Å². The Hall–Kier alpha value is -0.900. The first kappa shape index (κ1) is 10.2. The number of rotatable bonds is 4. The van der Waals surface area contributed by atoms with Crippen LogP contribution in [0, 0.1) is 5.92 Å². The molecular weight excluding hydrogens is 184 g/mol. The van der Waals surface area contributed by atoms with Gasteiger partial charge in [0.2, 0.25) is 0 Å². The molecule has 1 heterocycles. The average molecular weight is 198 g/mol. The minimum absolute atomic E-state index is 0.392. The Morgan fingerprint density at radius 3 is 2.92 bits per heavy atom. The van der Waals surface area contributed by atoms with Crippen LogP contribution in [0.2, 0.25) is 0 Å². The van der Waals surface area contributed by atoms with Crippen molar-refractivity contribution in [3.05, 3.63) is 16.1 Å². The van der Waals surface area contributed by atoms with E-state index in [1.165, 1.54) is 11.3 Å². The molecule has 0 saturated carbocycles. The Bertz CT molecular complexity index is 296. The van der Waals surface area contributed by atoms with Gasteiger partial charge >= 0.3 is 0 Å². The molecule has 0 spiro atoms. The van der Waals surface area contributed by atoms with Crippen molar-refractivity contribution in [2.75, 3.05) is 0 Å². The fourth-order valence-electron chi connectivity index (χ4n) is 0.960. The molecule has 0 aromatic carbocycles. The second-order valence-corrected chi connectivity index (χ2v) is 4.15. The maximum Gasteiger partial charge on any atom is 0.268 e. The number of nitrogens with zero attached hydrogens (tertiary/aromatic N) is 1. The van der Waals surface area contributed by atoms with Gasteiger partial charge < -0.3 is 5.73 Å². The van der Waals surface area contributed by atoms with E-state index in [1.54, 1.807) is 5.38 Å². The van der Waals surface area contributed by atoms with Gasteiger partial charge in [0.25, 0.3) is 5.91 Å². The number of hydrogen-bond acceptors (Lipinski definition) is 3. The quantitative estimate of drug-likeness (QED) is 0.802. The summed E-state index contributed by atoms with van der Waals surface area (Å²) in [6.45, 7) is 4.32. The summed E-state index contributed by atoms with van der Waals surface area (Å²) in [5.74, 6) is 0.179. The molecule has 0 unspecified atom stereocenters. The molecule has 0 fully saturated rings. The Labute approximate surface area is 82.0 Å². The highest BCUT2D eigenvalue weighted by Crippen LogP contribution is 2.15. The van der Waals surface area contributed by atoms with Gasteiger partial charge in [-0.05, 0) is 5.92 Å². The lowest BCUT2D eigenvalue weighted by Crippen LogP contribution is -2.11. The van der Waals surface area contributed by atoms with Crippen LogP contribution < -0.4 is 5.73 Å². The zero-order valence-electron chi connectivity index (χ0n) is 7.91. The van der Waals surface area contributed by atoms with Gasteiger partial charge in [0, 0.05) is 11.8 Å². The molecule has 13 heavy (non-hydrogen) atoms. The van der Waals surface area contributed by atoms with Crippen LogP contribution in [0.4, 0.5) is 0 Å². The van der Waals surface area contributed by atoms with Crippen LogP contribution in [0.3, 0.4) is 0 Å². The SMILES string of the molecule is CC[C@@H](C)Cc1nc(C(N)=O)cs1. The lowest BCUT2D eigenvalue weighted by atomic mass is 10.1. The smallest absolute Gasteiger partial charge is 0.268 e. The third-order valence-corrected chi connectivity index (χ3v) is 2.90. The first-order chi connectivity index (χ1) is 6.13. The Balaban J connectivity index is 2.64. The lowest BCUT2D eigenvalue weighted by Gasteiger charge is -2.03. The molecule has 1 rings (SSSR count). The van der Waals surface area contributed by atoms with Crippen molar-refractivity contribution in [1.29, 1.82) is 0 Å². The van der Waals surface area contributed by atoms with Crippen LogP contribution in [0.1, 0.15) is 35.8 Å². The summed E-state index contributed by atoms with van der Waals surface area (Å²) < 4.78 is 0. The second-order valence-electron chi connectivity index (χ2n) is 3.21. The first-order valence-corrected chi connectivity index (χ1v) is 5.25. The van der Waals surface area contributed by atoms with E-state index in [0.717, 1.165) is 17.8 Å². The molecule has 1 atom stereocenters. The Morgan fingerprint density at radius 1 is 1.77 bits per heavy atom. The zero-order chi connectivity index (χ0) is 9.84. The fourth-order valence-corrected chi connectivity index (χ4v) is 1.91. The van der Waals surface area contributed by atoms with Crippen molar-refractivity contribution in [3.63, 3.8) is 0 Å². The summed E-state index contributed by atoms with van der Waals surface area (Å²) in [5, 5.41) is 2.73. The Kier molecular flexibility index (Phi) is 3.42. The maximum absolute atomic E-state index is 10.7. The summed E-state index contributed by atoms with van der Waals surface area (Å²) >= 11 is 1.51. The molecule has 0 bridgehead atoms. The van der Waals surface area contributed by atoms with Crippen molar-refractivity contribution in [2.45, 2.75) is 26.7 Å². The predicted octanol–water partition coefficient (Wildman–Crippen LogP) is 1.83. The van der Waals surface area contributed by atoms with Crippen molar-refractivity contribution < 1.29 is 4.79 Å². The van der Waals surface area contributed by atoms with E-state index in [0.29, 0.717) is 11.6 Å². The summed E-state index contributed by atoms with van der Waals surface area (Å²) in [7, 11) is 0. The molecule has 0 aliphatic heterocycles. The van der Waals surface area contributed by atoms with Crippen molar-refractivity contribution in [2.24, 2.45) is 11.7 Å². The number of thiazole rings is 1. The minimum atomic E-state index is -0.438. The number of carbonyl (C=O) groups is 1. The summed E-state index contributed by atoms with van der Waals surface area (Å²) in [6.07, 6.45) is 2.07. The molecule has 3 nitrogen and oxygen atoms in total. The van der Waals surface area contributed by atoms with Crippen LogP contribution in [0.25, 0.3) is 0 Å². The molecular formula is C9H14N2OS. The fraction of sp³-hybridized carbons (Fsp3) is 0.556. The number of hydrogen-bond donors (Lipinski definition) is 1. The highest BCUT2D eigenvalue weighted by molar-refractivity contribution is 7.09. The molecule has 1 amide bonds. The number of primary amides is 1. The third-order valence-electron chi connectivity index (χ3n) is 2.02. The van der Waals surface area contributed by atoms with Crippen LogP contribution in [0.15, 0.2) is 5.38 Å². The lowest BCUT2D eigenvalue weighted by molar-refractivity contribution is 0.0996. The first-order valence-electron chi connectivity index (χ1n) is 4.37. The van der Waals surface area contributed by atoms with E-state index in [2.05, 4.69) is 18.8 Å². The molecule has 4 heteroatoms. The molecule has 72 valence electrons. The number of aromatic nitrogens is 1. The van der Waals surface area contributed by atoms with E-state index in [4.69, 9.17) is 5.73 Å². The van der Waals surface area contributed by atoms with Gasteiger partial charge in [-0.15, -0.1) is 11.3 Å². The summed E-state index contributed by atoms with van der Waals surface area (Å²) in [4.78, 5) is 14.9. The maximum atomic E-state index is 10.7. The number of amides is 1. The highest BCUT2D eigenvalue weighted by Gasteiger charge is 2.08. The third kappa shape index (κ3) is 2.81. The topological polar surface area (TPSA) is 56.0 Å². The van der Waals surface area contributed by atoms with Crippen LogP contribution in [-0.2, 0) is 6.42 Å². The average Bonchev–Trinajstić information content (AvgIpc) is 2.52. The van der Waals surface area contributed by atoms with E-state index >= 15 is 0 Å². The van der Waals surface area contributed by atoms with Crippen molar-refractivity contribution in [1.82, 2.24) is 4.98 Å². The molecule has 0 aliphatic carbocycles. The molecule has 0 saturated heterocycles. The molecule has 1 aromatic heterocycles. The summed E-state index contributed by atoms with van der Waals surface area (Å²) in [5.41, 5.74) is 5.49. The monoisotopic (exact) mass is 198 g/mol.